The van der Waals surface area contributed by atoms with Crippen molar-refractivity contribution in [3.63, 3.8) is 0 Å². The van der Waals surface area contributed by atoms with Crippen LogP contribution in [0.2, 0.25) is 0 Å². The Bertz CT molecular complexity index is 175. The van der Waals surface area contributed by atoms with Crippen LogP contribution in [-0.4, -0.2) is 32.2 Å². The fourth-order valence-electron chi connectivity index (χ4n) is 1.47. The Morgan fingerprint density at radius 2 is 1.88 bits per heavy atom. The fraction of sp³-hybridized carbons (Fsp3) is 0.923. The lowest BCUT2D eigenvalue weighted by Crippen LogP contribution is -2.20. The number of ether oxygens (including phenoxy) is 1. The van der Waals surface area contributed by atoms with E-state index in [2.05, 4.69) is 12.2 Å². The van der Waals surface area contributed by atoms with E-state index in [1.807, 2.05) is 0 Å². The number of nitrogens with two attached hydrogens (primary N) is 1. The van der Waals surface area contributed by atoms with Gasteiger partial charge in [-0.15, -0.1) is 0 Å². The van der Waals surface area contributed by atoms with Gasteiger partial charge in [0.25, 0.3) is 0 Å². The zero-order chi connectivity index (χ0) is 12.8. The number of carbonyl (C=O) groups excluding carboxylic acids is 1. The quantitative estimate of drug-likeness (QED) is 0.406. The molecule has 0 fully saturated rings. The van der Waals surface area contributed by atoms with Crippen molar-refractivity contribution in [2.75, 3.05) is 26.2 Å². The smallest absolute Gasteiger partial charge is 0.307 e. The molecule has 0 aliphatic rings. The summed E-state index contributed by atoms with van der Waals surface area (Å²) < 4.78 is 5.05. The number of carbonyl (C=O) groups is 1. The van der Waals surface area contributed by atoms with E-state index in [9.17, 15) is 4.79 Å². The molecular formula is C13H28N2O2. The lowest BCUT2D eigenvalue weighted by molar-refractivity contribution is -0.143. The predicted molar refractivity (Wildman–Crippen MR) is 70.9 cm³/mol. The van der Waals surface area contributed by atoms with E-state index in [1.54, 1.807) is 0 Å². The van der Waals surface area contributed by atoms with E-state index >= 15 is 0 Å². The van der Waals surface area contributed by atoms with E-state index in [4.69, 9.17) is 10.5 Å². The SMILES string of the molecule is CCCCOC(=O)CCNCCCCCCN. The highest BCUT2D eigenvalue weighted by atomic mass is 16.5. The van der Waals surface area contributed by atoms with Gasteiger partial charge in [-0.05, 0) is 32.4 Å². The first kappa shape index (κ1) is 16.4. The molecule has 0 aromatic carbocycles. The molecule has 102 valence electrons. The molecule has 0 rings (SSSR count). The van der Waals surface area contributed by atoms with E-state index in [1.165, 1.54) is 12.8 Å². The van der Waals surface area contributed by atoms with Gasteiger partial charge in [-0.3, -0.25) is 4.79 Å². The van der Waals surface area contributed by atoms with Crippen molar-refractivity contribution in [3.8, 4) is 0 Å². The molecule has 0 aliphatic heterocycles. The minimum absolute atomic E-state index is 0.0888. The number of unbranched alkanes of at least 4 members (excludes halogenated alkanes) is 4. The zero-order valence-corrected chi connectivity index (χ0v) is 11.2. The molecule has 0 unspecified atom stereocenters. The van der Waals surface area contributed by atoms with Crippen LogP contribution in [0.5, 0.6) is 0 Å². The first-order valence-electron chi connectivity index (χ1n) is 6.87. The average molecular weight is 244 g/mol. The van der Waals surface area contributed by atoms with Gasteiger partial charge in [-0.2, -0.15) is 0 Å². The number of rotatable bonds is 12. The van der Waals surface area contributed by atoms with Crippen molar-refractivity contribution in [1.82, 2.24) is 5.32 Å². The van der Waals surface area contributed by atoms with Gasteiger partial charge in [-0.1, -0.05) is 26.2 Å². The van der Waals surface area contributed by atoms with Gasteiger partial charge in [0.2, 0.25) is 0 Å². The second-order valence-corrected chi connectivity index (χ2v) is 4.28. The Kier molecular flexibility index (Phi) is 13.0. The van der Waals surface area contributed by atoms with Crippen LogP contribution in [-0.2, 0) is 9.53 Å². The van der Waals surface area contributed by atoms with Crippen molar-refractivity contribution in [1.29, 1.82) is 0 Å². The van der Waals surface area contributed by atoms with Gasteiger partial charge in [0.05, 0.1) is 13.0 Å². The molecule has 0 radical (unpaired) electrons. The summed E-state index contributed by atoms with van der Waals surface area (Å²) in [6.07, 6.45) is 7.19. The predicted octanol–water partition coefficient (Wildman–Crippen LogP) is 1.83. The molecule has 0 atom stereocenters. The Labute approximate surface area is 105 Å². The number of hydrogen-bond donors (Lipinski definition) is 2. The largest absolute Gasteiger partial charge is 0.466 e. The van der Waals surface area contributed by atoms with Gasteiger partial charge >= 0.3 is 5.97 Å². The Morgan fingerprint density at radius 1 is 1.12 bits per heavy atom. The summed E-state index contributed by atoms with van der Waals surface area (Å²) in [7, 11) is 0. The Balaban J connectivity index is 3.08. The molecule has 0 spiro atoms. The van der Waals surface area contributed by atoms with Crippen LogP contribution in [0, 0.1) is 0 Å². The van der Waals surface area contributed by atoms with Gasteiger partial charge < -0.3 is 15.8 Å². The van der Waals surface area contributed by atoms with E-state index in [0.717, 1.165) is 45.3 Å². The molecule has 3 N–H and O–H groups in total. The van der Waals surface area contributed by atoms with Gasteiger partial charge in [0, 0.05) is 6.54 Å². The molecule has 0 aliphatic carbocycles. The number of hydrogen-bond acceptors (Lipinski definition) is 4. The second kappa shape index (κ2) is 13.5. The molecule has 0 heterocycles. The van der Waals surface area contributed by atoms with Gasteiger partial charge in [0.15, 0.2) is 0 Å². The maximum Gasteiger partial charge on any atom is 0.307 e. The van der Waals surface area contributed by atoms with Crippen LogP contribution < -0.4 is 11.1 Å². The highest BCUT2D eigenvalue weighted by Gasteiger charge is 2.00. The second-order valence-electron chi connectivity index (χ2n) is 4.28. The Morgan fingerprint density at radius 3 is 2.59 bits per heavy atom. The molecule has 0 aromatic heterocycles. The molecule has 0 saturated heterocycles. The summed E-state index contributed by atoms with van der Waals surface area (Å²) >= 11 is 0. The van der Waals surface area contributed by atoms with E-state index in [0.29, 0.717) is 13.0 Å². The van der Waals surface area contributed by atoms with E-state index in [-0.39, 0.29) is 5.97 Å². The highest BCUT2D eigenvalue weighted by Crippen LogP contribution is 1.97. The minimum atomic E-state index is -0.0888. The third-order valence-electron chi connectivity index (χ3n) is 2.57. The van der Waals surface area contributed by atoms with Crippen LogP contribution in [0.4, 0.5) is 0 Å². The molecule has 4 heteroatoms. The van der Waals surface area contributed by atoms with Gasteiger partial charge in [-0.25, -0.2) is 0 Å². The monoisotopic (exact) mass is 244 g/mol. The summed E-state index contributed by atoms with van der Waals surface area (Å²) in [5.41, 5.74) is 5.41. The molecule has 0 amide bonds. The summed E-state index contributed by atoms with van der Waals surface area (Å²) in [5.74, 6) is -0.0888. The summed E-state index contributed by atoms with van der Waals surface area (Å²) in [5, 5.41) is 3.25. The molecule has 17 heavy (non-hydrogen) atoms. The standard InChI is InChI=1S/C13H28N2O2/c1-2-3-12-17-13(16)8-11-15-10-7-5-4-6-9-14/h15H,2-12,14H2,1H3. The third-order valence-corrected chi connectivity index (χ3v) is 2.57. The summed E-state index contributed by atoms with van der Waals surface area (Å²) in [6, 6.07) is 0. The zero-order valence-electron chi connectivity index (χ0n) is 11.2. The Hall–Kier alpha value is -0.610. The minimum Gasteiger partial charge on any atom is -0.466 e. The summed E-state index contributed by atoms with van der Waals surface area (Å²) in [4.78, 5) is 11.2. The fourth-order valence-corrected chi connectivity index (χ4v) is 1.47. The average Bonchev–Trinajstić information content (AvgIpc) is 2.33. The lowest BCUT2D eigenvalue weighted by Gasteiger charge is -2.05. The maximum absolute atomic E-state index is 11.2. The topological polar surface area (TPSA) is 64.3 Å². The highest BCUT2D eigenvalue weighted by molar-refractivity contribution is 5.69. The molecule has 0 aromatic rings. The first-order chi connectivity index (χ1) is 8.31. The van der Waals surface area contributed by atoms with Crippen molar-refractivity contribution in [2.45, 2.75) is 51.9 Å². The molecule has 0 bridgehead atoms. The van der Waals surface area contributed by atoms with Crippen LogP contribution in [0.1, 0.15) is 51.9 Å². The number of esters is 1. The molecular weight excluding hydrogens is 216 g/mol. The lowest BCUT2D eigenvalue weighted by atomic mass is 10.2. The number of nitrogens with one attached hydrogen (secondary N) is 1. The maximum atomic E-state index is 11.2. The van der Waals surface area contributed by atoms with Crippen LogP contribution in [0.3, 0.4) is 0 Å². The van der Waals surface area contributed by atoms with Crippen LogP contribution in [0.25, 0.3) is 0 Å². The first-order valence-corrected chi connectivity index (χ1v) is 6.87. The van der Waals surface area contributed by atoms with Crippen molar-refractivity contribution < 1.29 is 9.53 Å². The molecule has 0 saturated carbocycles. The third kappa shape index (κ3) is 13.3. The van der Waals surface area contributed by atoms with Crippen molar-refractivity contribution >= 4 is 5.97 Å². The van der Waals surface area contributed by atoms with Crippen molar-refractivity contribution in [2.24, 2.45) is 5.73 Å². The van der Waals surface area contributed by atoms with Gasteiger partial charge in [0.1, 0.15) is 0 Å². The van der Waals surface area contributed by atoms with Crippen LogP contribution >= 0.6 is 0 Å². The summed E-state index contributed by atoms with van der Waals surface area (Å²) in [6.45, 7) is 5.14. The normalized spacial score (nSPS) is 10.5. The van der Waals surface area contributed by atoms with E-state index < -0.39 is 0 Å². The van der Waals surface area contributed by atoms with Crippen LogP contribution in [0.15, 0.2) is 0 Å². The molecule has 4 nitrogen and oxygen atoms in total. The van der Waals surface area contributed by atoms with Crippen molar-refractivity contribution in [3.05, 3.63) is 0 Å².